The minimum atomic E-state index is -0.568. The highest BCUT2D eigenvalue weighted by Gasteiger charge is 2.42. The molecule has 3 N–H and O–H groups in total. The molecule has 0 radical (unpaired) electrons. The second-order valence-electron chi connectivity index (χ2n) is 8.53. The summed E-state index contributed by atoms with van der Waals surface area (Å²) in [6.07, 6.45) is 0.104. The number of amides is 3. The minimum Gasteiger partial charge on any atom is -0.354 e. The number of imide groups is 1. The Morgan fingerprint density at radius 2 is 1.47 bits per heavy atom. The van der Waals surface area contributed by atoms with Gasteiger partial charge in [0, 0.05) is 12.0 Å². The molecule has 0 spiro atoms. The van der Waals surface area contributed by atoms with Crippen molar-refractivity contribution in [2.24, 2.45) is 17.6 Å². The molecule has 30 heavy (non-hydrogen) atoms. The van der Waals surface area contributed by atoms with E-state index in [0.29, 0.717) is 11.1 Å². The van der Waals surface area contributed by atoms with Crippen molar-refractivity contribution in [3.63, 3.8) is 0 Å². The van der Waals surface area contributed by atoms with E-state index in [1.807, 2.05) is 55.4 Å². The van der Waals surface area contributed by atoms with Gasteiger partial charge in [-0.1, -0.05) is 55.4 Å². The topological polar surface area (TPSA) is 119 Å². The zero-order valence-electron chi connectivity index (χ0n) is 20.1. The summed E-state index contributed by atoms with van der Waals surface area (Å²) < 4.78 is 0. The molecule has 1 aliphatic heterocycles. The highest BCUT2D eigenvalue weighted by atomic mass is 32.2. The Kier molecular flexibility index (Phi) is 15.5. The van der Waals surface area contributed by atoms with Crippen molar-refractivity contribution in [3.05, 3.63) is 0 Å². The van der Waals surface area contributed by atoms with E-state index in [4.69, 9.17) is 10.6 Å². The quantitative estimate of drug-likeness (QED) is 0.601. The van der Waals surface area contributed by atoms with E-state index in [9.17, 15) is 19.2 Å². The van der Waals surface area contributed by atoms with Gasteiger partial charge in [0.1, 0.15) is 0 Å². The number of thioether (sulfide) groups is 1. The number of nitrogens with one attached hydrogen (secondary N) is 1. The Balaban J connectivity index is 0. The molecule has 0 aromatic rings. The van der Waals surface area contributed by atoms with Crippen molar-refractivity contribution in [1.29, 1.82) is 0 Å². The van der Waals surface area contributed by atoms with Gasteiger partial charge >= 0.3 is 5.97 Å². The monoisotopic (exact) mass is 447 g/mol. The third kappa shape index (κ3) is 14.4. The Morgan fingerprint density at radius 1 is 1.00 bits per heavy atom. The lowest BCUT2D eigenvalue weighted by Crippen LogP contribution is -2.35. The first kappa shape index (κ1) is 30.6. The van der Waals surface area contributed by atoms with Crippen molar-refractivity contribution in [2.75, 3.05) is 0 Å². The number of nitrogens with zero attached hydrogens (tertiary/aromatic N) is 1. The van der Waals surface area contributed by atoms with Gasteiger partial charge in [0.25, 0.3) is 11.8 Å². The summed E-state index contributed by atoms with van der Waals surface area (Å²) in [4.78, 5) is 50.3. The fourth-order valence-corrected chi connectivity index (χ4v) is 2.87. The van der Waals surface area contributed by atoms with E-state index < -0.39 is 23.0 Å². The second-order valence-corrected chi connectivity index (χ2v) is 10.3. The van der Waals surface area contributed by atoms with Gasteiger partial charge in [-0.15, -0.1) is 16.8 Å². The zero-order chi connectivity index (χ0) is 24.2. The standard InChI is InChI=1S/C11H17NO4S.C7H15NO.C3H9N/c1-6(2)11(15)16-12-9(13)5-8(10(12)14)17-7(3)4;1-5(2)7(9)8-6(3)4;1-3(2)4/h6-8H,5H2,1-4H3;5-6H,1-4H3,(H,8,9);3H,4H2,1-2H3. The third-order valence-electron chi connectivity index (χ3n) is 3.11. The van der Waals surface area contributed by atoms with Crippen molar-refractivity contribution in [3.8, 4) is 0 Å². The smallest absolute Gasteiger partial charge is 0.335 e. The van der Waals surface area contributed by atoms with Crippen LogP contribution in [0.25, 0.3) is 0 Å². The van der Waals surface area contributed by atoms with E-state index in [2.05, 4.69) is 5.32 Å². The highest BCUT2D eigenvalue weighted by molar-refractivity contribution is 8.01. The van der Waals surface area contributed by atoms with E-state index in [-0.39, 0.29) is 35.5 Å². The summed E-state index contributed by atoms with van der Waals surface area (Å²) in [5, 5.41) is 3.24. The van der Waals surface area contributed by atoms with E-state index >= 15 is 0 Å². The average molecular weight is 448 g/mol. The molecular formula is C21H41N3O5S. The van der Waals surface area contributed by atoms with Crippen LogP contribution in [-0.4, -0.2) is 51.3 Å². The number of nitrogens with two attached hydrogens (primary N) is 1. The summed E-state index contributed by atoms with van der Waals surface area (Å²) in [5.74, 6) is -1.57. The molecule has 1 saturated heterocycles. The Morgan fingerprint density at radius 3 is 1.77 bits per heavy atom. The van der Waals surface area contributed by atoms with Crippen LogP contribution in [0.15, 0.2) is 0 Å². The summed E-state index contributed by atoms with van der Waals surface area (Å²) >= 11 is 1.41. The van der Waals surface area contributed by atoms with Gasteiger partial charge in [-0.3, -0.25) is 14.4 Å². The van der Waals surface area contributed by atoms with Crippen molar-refractivity contribution >= 4 is 35.5 Å². The van der Waals surface area contributed by atoms with Crippen molar-refractivity contribution in [2.45, 2.75) is 98.2 Å². The number of carbonyl (C=O) groups is 4. The highest BCUT2D eigenvalue weighted by Crippen LogP contribution is 2.28. The molecule has 0 saturated carbocycles. The maximum absolute atomic E-state index is 11.8. The van der Waals surface area contributed by atoms with Gasteiger partial charge in [-0.05, 0) is 25.1 Å². The molecule has 8 nitrogen and oxygen atoms in total. The normalized spacial score (nSPS) is 16.0. The maximum atomic E-state index is 11.8. The van der Waals surface area contributed by atoms with Crippen LogP contribution in [0.4, 0.5) is 0 Å². The molecule has 176 valence electrons. The van der Waals surface area contributed by atoms with Gasteiger partial charge < -0.3 is 15.9 Å². The maximum Gasteiger partial charge on any atom is 0.335 e. The van der Waals surface area contributed by atoms with Crippen LogP contribution in [-0.2, 0) is 24.0 Å². The van der Waals surface area contributed by atoms with Gasteiger partial charge in [-0.2, -0.15) is 0 Å². The first-order valence-corrected chi connectivity index (χ1v) is 11.3. The predicted molar refractivity (Wildman–Crippen MR) is 121 cm³/mol. The summed E-state index contributed by atoms with van der Waals surface area (Å²) in [6.45, 7) is 18.8. The van der Waals surface area contributed by atoms with E-state index in [1.165, 1.54) is 11.8 Å². The fraction of sp³-hybridized carbons (Fsp3) is 0.810. The van der Waals surface area contributed by atoms with Crippen LogP contribution < -0.4 is 11.1 Å². The van der Waals surface area contributed by atoms with Crippen LogP contribution in [0.5, 0.6) is 0 Å². The molecule has 1 unspecified atom stereocenters. The molecular weight excluding hydrogens is 406 g/mol. The van der Waals surface area contributed by atoms with Crippen LogP contribution in [0, 0.1) is 11.8 Å². The SMILES string of the molecule is CC(C)N.CC(C)NC(=O)C(C)C.CC(C)SC1CC(=O)N(OC(=O)C(C)C)C1=O. The molecule has 0 aromatic heterocycles. The minimum absolute atomic E-state index is 0.104. The molecule has 1 heterocycles. The third-order valence-corrected chi connectivity index (χ3v) is 4.35. The predicted octanol–water partition coefficient (Wildman–Crippen LogP) is 2.89. The summed E-state index contributed by atoms with van der Waals surface area (Å²) in [5.41, 5.74) is 5.11. The Hall–Kier alpha value is -1.61. The van der Waals surface area contributed by atoms with Crippen molar-refractivity contribution in [1.82, 2.24) is 10.4 Å². The number of rotatable bonds is 6. The number of hydroxylamine groups is 2. The van der Waals surface area contributed by atoms with Crippen LogP contribution in [0.2, 0.25) is 0 Å². The van der Waals surface area contributed by atoms with Gasteiger partial charge in [0.15, 0.2) is 0 Å². The van der Waals surface area contributed by atoms with Gasteiger partial charge in [0.05, 0.1) is 17.6 Å². The molecule has 1 atom stereocenters. The lowest BCUT2D eigenvalue weighted by Gasteiger charge is -2.15. The van der Waals surface area contributed by atoms with E-state index in [1.54, 1.807) is 13.8 Å². The first-order valence-electron chi connectivity index (χ1n) is 10.4. The summed E-state index contributed by atoms with van der Waals surface area (Å²) in [7, 11) is 0. The molecule has 0 bridgehead atoms. The molecule has 0 aromatic carbocycles. The fourth-order valence-electron chi connectivity index (χ4n) is 1.76. The second kappa shape index (κ2) is 15.2. The number of hydrogen-bond donors (Lipinski definition) is 2. The number of carbonyl (C=O) groups excluding carboxylic acids is 4. The molecule has 9 heteroatoms. The molecule has 1 rings (SSSR count). The lowest BCUT2D eigenvalue weighted by atomic mass is 10.2. The zero-order valence-corrected chi connectivity index (χ0v) is 21.0. The van der Waals surface area contributed by atoms with Gasteiger partial charge in [-0.25, -0.2) is 4.79 Å². The average Bonchev–Trinajstić information content (AvgIpc) is 2.81. The van der Waals surface area contributed by atoms with Crippen LogP contribution in [0.3, 0.4) is 0 Å². The van der Waals surface area contributed by atoms with E-state index in [0.717, 1.165) is 0 Å². The van der Waals surface area contributed by atoms with Crippen LogP contribution >= 0.6 is 11.8 Å². The Labute approximate surface area is 186 Å². The Bertz CT molecular complexity index is 560. The molecule has 1 aliphatic rings. The largest absolute Gasteiger partial charge is 0.354 e. The first-order chi connectivity index (χ1) is 13.6. The molecule has 3 amide bonds. The van der Waals surface area contributed by atoms with Gasteiger partial charge in [0.2, 0.25) is 5.91 Å². The van der Waals surface area contributed by atoms with Crippen LogP contribution in [0.1, 0.15) is 75.7 Å². The number of hydrogen-bond acceptors (Lipinski definition) is 7. The lowest BCUT2D eigenvalue weighted by molar-refractivity contribution is -0.199. The van der Waals surface area contributed by atoms with Crippen molar-refractivity contribution < 1.29 is 24.0 Å². The molecule has 1 fully saturated rings. The summed E-state index contributed by atoms with van der Waals surface area (Å²) in [6, 6.07) is 0.597. The molecule has 0 aliphatic carbocycles.